The third kappa shape index (κ3) is 4.35. The number of carbonyl (C=O) groups is 2. The summed E-state index contributed by atoms with van der Waals surface area (Å²) in [6.45, 7) is 5.63. The number of hydrogen-bond acceptors (Lipinski definition) is 4. The molecule has 0 N–H and O–H groups in total. The van der Waals surface area contributed by atoms with Crippen molar-refractivity contribution in [2.45, 2.75) is 20.8 Å². The number of carbonyl (C=O) groups excluding carboxylic acids is 2. The van der Waals surface area contributed by atoms with Crippen LogP contribution in [0.15, 0.2) is 12.1 Å². The van der Waals surface area contributed by atoms with Gasteiger partial charge in [-0.25, -0.2) is 4.79 Å². The summed E-state index contributed by atoms with van der Waals surface area (Å²) >= 11 is 3.15. The topological polar surface area (TPSA) is 52.6 Å². The minimum Gasteiger partial charge on any atom is -0.482 e. The minimum atomic E-state index is -0.403. The molecule has 0 atom stereocenters. The molecule has 0 heterocycles. The molecule has 1 rings (SSSR count). The molecule has 0 spiro atoms. The van der Waals surface area contributed by atoms with Gasteiger partial charge in [0.1, 0.15) is 5.75 Å². The van der Waals surface area contributed by atoms with E-state index in [0.717, 1.165) is 11.1 Å². The number of esters is 1. The van der Waals surface area contributed by atoms with Crippen LogP contribution in [0.3, 0.4) is 0 Å². The van der Waals surface area contributed by atoms with Crippen LogP contribution in [0.25, 0.3) is 0 Å². The molecule has 104 valence electrons. The van der Waals surface area contributed by atoms with E-state index in [-0.39, 0.29) is 17.7 Å². The second-order valence-electron chi connectivity index (χ2n) is 4.08. The summed E-state index contributed by atoms with van der Waals surface area (Å²) in [7, 11) is 0. The van der Waals surface area contributed by atoms with Gasteiger partial charge in [0, 0.05) is 5.56 Å². The molecule has 0 aliphatic heterocycles. The van der Waals surface area contributed by atoms with Crippen LogP contribution in [0.1, 0.15) is 28.4 Å². The zero-order valence-electron chi connectivity index (χ0n) is 11.3. The maximum absolute atomic E-state index is 11.7. The number of aryl methyl sites for hydroxylation is 2. The average molecular weight is 329 g/mol. The largest absolute Gasteiger partial charge is 0.482 e. The Balaban J connectivity index is 2.84. The Hall–Kier alpha value is -1.36. The van der Waals surface area contributed by atoms with Crippen molar-refractivity contribution >= 4 is 27.7 Å². The average Bonchev–Trinajstić information content (AvgIpc) is 2.38. The normalized spacial score (nSPS) is 10.1. The minimum absolute atomic E-state index is 0.0255. The zero-order valence-corrected chi connectivity index (χ0v) is 12.9. The lowest BCUT2D eigenvalue weighted by Crippen LogP contribution is -2.15. The molecule has 0 radical (unpaired) electrons. The molecule has 4 nitrogen and oxygen atoms in total. The van der Waals surface area contributed by atoms with Gasteiger partial charge < -0.3 is 9.47 Å². The Kier molecular flexibility index (Phi) is 6.02. The summed E-state index contributed by atoms with van der Waals surface area (Å²) < 4.78 is 10.2. The second-order valence-corrected chi connectivity index (χ2v) is 4.64. The van der Waals surface area contributed by atoms with E-state index in [1.54, 1.807) is 19.1 Å². The number of ether oxygens (including phenoxy) is 2. The fraction of sp³-hybridized carbons (Fsp3) is 0.429. The number of ketones is 1. The third-order valence-electron chi connectivity index (χ3n) is 2.59. The first kappa shape index (κ1) is 15.7. The molecule has 1 aromatic carbocycles. The first-order chi connectivity index (χ1) is 8.99. The van der Waals surface area contributed by atoms with Crippen molar-refractivity contribution in [1.82, 2.24) is 0 Å². The van der Waals surface area contributed by atoms with E-state index < -0.39 is 5.97 Å². The molecular weight excluding hydrogens is 312 g/mol. The maximum atomic E-state index is 11.7. The molecule has 0 saturated heterocycles. The summed E-state index contributed by atoms with van der Waals surface area (Å²) in [5, 5.41) is 0.288. The predicted octanol–water partition coefficient (Wildman–Crippen LogP) is 2.82. The van der Waals surface area contributed by atoms with Crippen molar-refractivity contribution in [2.75, 3.05) is 18.5 Å². The lowest BCUT2D eigenvalue weighted by atomic mass is 10.0. The quantitative estimate of drug-likeness (QED) is 0.457. The van der Waals surface area contributed by atoms with Gasteiger partial charge in [-0.1, -0.05) is 15.9 Å². The maximum Gasteiger partial charge on any atom is 0.344 e. The number of benzene rings is 1. The molecule has 0 fully saturated rings. The molecule has 0 aliphatic rings. The summed E-state index contributed by atoms with van der Waals surface area (Å²) in [6.07, 6.45) is 0. The molecule has 5 heteroatoms. The Labute approximate surface area is 121 Å². The Morgan fingerprint density at radius 3 is 2.47 bits per heavy atom. The second kappa shape index (κ2) is 7.28. The van der Waals surface area contributed by atoms with E-state index in [9.17, 15) is 9.59 Å². The van der Waals surface area contributed by atoms with Crippen molar-refractivity contribution in [3.05, 3.63) is 28.8 Å². The van der Waals surface area contributed by atoms with Gasteiger partial charge in [-0.05, 0) is 44.0 Å². The van der Waals surface area contributed by atoms with Gasteiger partial charge in [0.15, 0.2) is 12.4 Å². The Morgan fingerprint density at radius 1 is 1.21 bits per heavy atom. The van der Waals surface area contributed by atoms with Crippen LogP contribution in [0.5, 0.6) is 5.75 Å². The standard InChI is InChI=1S/C14H17BrO4/c1-4-18-14(17)8-19-13-6-9(2)11(5-10(13)3)12(16)7-15/h5-6H,4,7-8H2,1-3H3. The Morgan fingerprint density at radius 2 is 1.89 bits per heavy atom. The number of hydrogen-bond donors (Lipinski definition) is 0. The lowest BCUT2D eigenvalue weighted by Gasteiger charge is -2.12. The molecule has 19 heavy (non-hydrogen) atoms. The van der Waals surface area contributed by atoms with E-state index >= 15 is 0 Å². The van der Waals surface area contributed by atoms with Gasteiger partial charge in [0.25, 0.3) is 0 Å². The molecular formula is C14H17BrO4. The number of halogens is 1. The molecule has 0 amide bonds. The smallest absolute Gasteiger partial charge is 0.344 e. The van der Waals surface area contributed by atoms with Crippen LogP contribution in [-0.2, 0) is 9.53 Å². The molecule has 0 bridgehead atoms. The molecule has 0 unspecified atom stereocenters. The van der Waals surface area contributed by atoms with Crippen LogP contribution in [0.4, 0.5) is 0 Å². The number of alkyl halides is 1. The van der Waals surface area contributed by atoms with Crippen LogP contribution in [0.2, 0.25) is 0 Å². The predicted molar refractivity (Wildman–Crippen MR) is 76.2 cm³/mol. The highest BCUT2D eigenvalue weighted by Gasteiger charge is 2.12. The van der Waals surface area contributed by atoms with Crippen molar-refractivity contribution in [2.24, 2.45) is 0 Å². The van der Waals surface area contributed by atoms with E-state index in [1.807, 2.05) is 13.8 Å². The van der Waals surface area contributed by atoms with E-state index in [1.165, 1.54) is 0 Å². The van der Waals surface area contributed by atoms with Crippen molar-refractivity contribution < 1.29 is 19.1 Å². The highest BCUT2D eigenvalue weighted by molar-refractivity contribution is 9.09. The molecule has 0 aliphatic carbocycles. The highest BCUT2D eigenvalue weighted by atomic mass is 79.9. The van der Waals surface area contributed by atoms with Crippen molar-refractivity contribution in [3.8, 4) is 5.75 Å². The van der Waals surface area contributed by atoms with Gasteiger partial charge in [0.2, 0.25) is 0 Å². The van der Waals surface area contributed by atoms with Crippen molar-refractivity contribution in [3.63, 3.8) is 0 Å². The number of rotatable bonds is 6. The van der Waals surface area contributed by atoms with Gasteiger partial charge in [0.05, 0.1) is 11.9 Å². The summed E-state index contributed by atoms with van der Waals surface area (Å²) in [4.78, 5) is 22.9. The van der Waals surface area contributed by atoms with Crippen molar-refractivity contribution in [1.29, 1.82) is 0 Å². The van der Waals surface area contributed by atoms with E-state index in [2.05, 4.69) is 15.9 Å². The summed E-state index contributed by atoms with van der Waals surface area (Å²) in [5.74, 6) is 0.217. The fourth-order valence-corrected chi connectivity index (χ4v) is 1.96. The first-order valence-electron chi connectivity index (χ1n) is 5.98. The molecule has 0 saturated carbocycles. The first-order valence-corrected chi connectivity index (χ1v) is 7.10. The van der Waals surface area contributed by atoms with Crippen LogP contribution in [-0.4, -0.2) is 30.3 Å². The lowest BCUT2D eigenvalue weighted by molar-refractivity contribution is -0.145. The zero-order chi connectivity index (χ0) is 14.4. The number of Topliss-reactive ketones (excluding diaryl/α,β-unsaturated/α-hetero) is 1. The fourth-order valence-electron chi connectivity index (χ4n) is 1.66. The summed E-state index contributed by atoms with van der Waals surface area (Å²) in [5.41, 5.74) is 2.31. The van der Waals surface area contributed by atoms with E-state index in [0.29, 0.717) is 17.9 Å². The SMILES string of the molecule is CCOC(=O)COc1cc(C)c(C(=O)CBr)cc1C. The van der Waals surface area contributed by atoms with Crippen LogP contribution in [0, 0.1) is 13.8 Å². The van der Waals surface area contributed by atoms with Gasteiger partial charge in [-0.15, -0.1) is 0 Å². The monoisotopic (exact) mass is 328 g/mol. The Bertz CT molecular complexity index is 483. The van der Waals surface area contributed by atoms with Gasteiger partial charge >= 0.3 is 5.97 Å². The molecule has 1 aromatic rings. The molecule has 0 aromatic heterocycles. The van der Waals surface area contributed by atoms with E-state index in [4.69, 9.17) is 9.47 Å². The van der Waals surface area contributed by atoms with Gasteiger partial charge in [-0.3, -0.25) is 4.79 Å². The van der Waals surface area contributed by atoms with Gasteiger partial charge in [-0.2, -0.15) is 0 Å². The van der Waals surface area contributed by atoms with Crippen LogP contribution >= 0.6 is 15.9 Å². The third-order valence-corrected chi connectivity index (χ3v) is 3.10. The highest BCUT2D eigenvalue weighted by Crippen LogP contribution is 2.23. The summed E-state index contributed by atoms with van der Waals surface area (Å²) in [6, 6.07) is 3.55. The van der Waals surface area contributed by atoms with Crippen LogP contribution < -0.4 is 4.74 Å².